The van der Waals surface area contributed by atoms with Gasteiger partial charge in [-0.05, 0) is 32.3 Å². The van der Waals surface area contributed by atoms with Gasteiger partial charge in [0.25, 0.3) is 5.69 Å². The molecule has 0 radical (unpaired) electrons. The maximum atomic E-state index is 12.2. The first-order chi connectivity index (χ1) is 17.4. The molecule has 0 saturated heterocycles. The number of aromatic nitrogens is 3. The average Bonchev–Trinajstić information content (AvgIpc) is 2.87. The number of nitrogens with zero attached hydrogens (tertiary/aromatic N) is 6. The summed E-state index contributed by atoms with van der Waals surface area (Å²) in [5.41, 5.74) is 1.89. The summed E-state index contributed by atoms with van der Waals surface area (Å²) in [4.78, 5) is 37.1. The molecule has 0 fully saturated rings. The Kier molecular flexibility index (Phi) is 9.01. The van der Waals surface area contributed by atoms with Crippen molar-refractivity contribution < 1.29 is 14.5 Å². The fourth-order valence-corrected chi connectivity index (χ4v) is 2.91. The van der Waals surface area contributed by atoms with Gasteiger partial charge in [-0.15, -0.1) is 0 Å². The number of rotatable bonds is 11. The SMILES string of the molecule is CN(C)CCOC(=O)Nc1cnc(NCCNc2ccc([N+](=O)[O-])cn2)nc1-c1ccc(C#N)cc1. The van der Waals surface area contributed by atoms with Gasteiger partial charge in [0.05, 0.1) is 34.1 Å². The van der Waals surface area contributed by atoms with Crippen molar-refractivity contribution in [1.29, 1.82) is 5.26 Å². The summed E-state index contributed by atoms with van der Waals surface area (Å²) in [5, 5.41) is 28.6. The molecule has 0 atom stereocenters. The van der Waals surface area contributed by atoms with Crippen molar-refractivity contribution in [2.24, 2.45) is 0 Å². The third kappa shape index (κ3) is 7.61. The van der Waals surface area contributed by atoms with Crippen LogP contribution in [0.15, 0.2) is 48.8 Å². The molecular weight excluding hydrogens is 466 g/mol. The van der Waals surface area contributed by atoms with Gasteiger partial charge in [0, 0.05) is 31.3 Å². The minimum Gasteiger partial charge on any atom is -0.448 e. The van der Waals surface area contributed by atoms with E-state index in [-0.39, 0.29) is 12.3 Å². The summed E-state index contributed by atoms with van der Waals surface area (Å²) in [5.74, 6) is 0.813. The van der Waals surface area contributed by atoms with Crippen molar-refractivity contribution >= 4 is 29.2 Å². The van der Waals surface area contributed by atoms with Gasteiger partial charge in [0.2, 0.25) is 5.95 Å². The second-order valence-corrected chi connectivity index (χ2v) is 7.72. The smallest absolute Gasteiger partial charge is 0.411 e. The zero-order chi connectivity index (χ0) is 25.9. The number of carbonyl (C=O) groups excluding carboxylic acids is 1. The molecule has 3 aromatic rings. The average molecular weight is 492 g/mol. The number of likely N-dealkylation sites (N-methyl/N-ethyl adjacent to an activating group) is 1. The van der Waals surface area contributed by atoms with Crippen LogP contribution in [-0.2, 0) is 4.74 Å². The van der Waals surface area contributed by atoms with Gasteiger partial charge >= 0.3 is 6.09 Å². The van der Waals surface area contributed by atoms with Crippen LogP contribution in [0, 0.1) is 21.4 Å². The summed E-state index contributed by atoms with van der Waals surface area (Å²) in [6.45, 7) is 1.67. The van der Waals surface area contributed by atoms with Gasteiger partial charge < -0.3 is 20.3 Å². The van der Waals surface area contributed by atoms with Crippen LogP contribution in [-0.4, -0.2) is 71.2 Å². The molecule has 0 spiro atoms. The number of anilines is 3. The lowest BCUT2D eigenvalue weighted by atomic mass is 10.1. The van der Waals surface area contributed by atoms with Crippen molar-refractivity contribution in [3.05, 3.63) is 64.5 Å². The molecule has 0 aliphatic carbocycles. The Bertz CT molecular complexity index is 1230. The number of pyridine rings is 1. The molecule has 2 aromatic heterocycles. The van der Waals surface area contributed by atoms with Crippen molar-refractivity contribution in [3.8, 4) is 17.3 Å². The van der Waals surface area contributed by atoms with E-state index in [0.717, 1.165) is 0 Å². The van der Waals surface area contributed by atoms with Crippen LogP contribution in [0.5, 0.6) is 0 Å². The predicted octanol–water partition coefficient (Wildman–Crippen LogP) is 2.95. The monoisotopic (exact) mass is 491 g/mol. The first-order valence-corrected chi connectivity index (χ1v) is 10.9. The Morgan fingerprint density at radius 2 is 1.86 bits per heavy atom. The summed E-state index contributed by atoms with van der Waals surface area (Å²) >= 11 is 0. The fraction of sp³-hybridized carbons (Fsp3) is 0.261. The van der Waals surface area contributed by atoms with Crippen LogP contribution in [0.1, 0.15) is 5.56 Å². The van der Waals surface area contributed by atoms with E-state index in [1.54, 1.807) is 24.3 Å². The highest BCUT2D eigenvalue weighted by Crippen LogP contribution is 2.27. The third-order valence-corrected chi connectivity index (χ3v) is 4.76. The summed E-state index contributed by atoms with van der Waals surface area (Å²) < 4.78 is 5.20. The molecule has 0 aliphatic rings. The Morgan fingerprint density at radius 3 is 2.50 bits per heavy atom. The molecule has 0 aliphatic heterocycles. The molecule has 0 unspecified atom stereocenters. The maximum Gasteiger partial charge on any atom is 0.411 e. The molecule has 0 bridgehead atoms. The number of nitro groups is 1. The normalized spacial score (nSPS) is 10.4. The number of carbonyl (C=O) groups is 1. The quantitative estimate of drug-likeness (QED) is 0.204. The molecule has 1 amide bonds. The van der Waals surface area contributed by atoms with Crippen LogP contribution < -0.4 is 16.0 Å². The minimum absolute atomic E-state index is 0.0855. The first-order valence-electron chi connectivity index (χ1n) is 10.9. The topological polar surface area (TPSA) is 171 Å². The van der Waals surface area contributed by atoms with Gasteiger partial charge in [-0.2, -0.15) is 5.26 Å². The number of nitrogens with one attached hydrogen (secondary N) is 3. The lowest BCUT2D eigenvalue weighted by Gasteiger charge is -2.14. The van der Waals surface area contributed by atoms with Crippen molar-refractivity contribution in [2.45, 2.75) is 0 Å². The lowest BCUT2D eigenvalue weighted by molar-refractivity contribution is -0.385. The molecule has 0 saturated carbocycles. The maximum absolute atomic E-state index is 12.2. The Balaban J connectivity index is 1.67. The van der Waals surface area contributed by atoms with Gasteiger partial charge in [-0.25, -0.2) is 19.7 Å². The summed E-state index contributed by atoms with van der Waals surface area (Å²) in [6, 6.07) is 11.7. The van der Waals surface area contributed by atoms with Crippen LogP contribution in [0.3, 0.4) is 0 Å². The predicted molar refractivity (Wildman–Crippen MR) is 134 cm³/mol. The molecule has 13 heteroatoms. The molecule has 1 aromatic carbocycles. The minimum atomic E-state index is -0.629. The van der Waals surface area contributed by atoms with Crippen LogP contribution in [0.25, 0.3) is 11.3 Å². The summed E-state index contributed by atoms with van der Waals surface area (Å²) in [6.07, 6.45) is 2.03. The number of benzene rings is 1. The first kappa shape index (κ1) is 25.8. The zero-order valence-corrected chi connectivity index (χ0v) is 19.8. The van der Waals surface area contributed by atoms with Gasteiger partial charge in [-0.1, -0.05) is 12.1 Å². The highest BCUT2D eigenvalue weighted by Gasteiger charge is 2.14. The van der Waals surface area contributed by atoms with E-state index in [1.165, 1.54) is 24.5 Å². The number of hydrogen-bond donors (Lipinski definition) is 3. The number of nitriles is 1. The molecule has 13 nitrogen and oxygen atoms in total. The lowest BCUT2D eigenvalue weighted by Crippen LogP contribution is -2.23. The standard InChI is InChI=1S/C23H25N9O4/c1-31(2)11-12-36-23(33)29-19-15-28-22(30-21(19)17-5-3-16(13-24)4-6-17)26-10-9-25-20-8-7-18(14-27-20)32(34)35/h3-8,14-15H,9-12H2,1-2H3,(H,25,27)(H,29,33)(H,26,28,30). The van der Waals surface area contributed by atoms with Gasteiger partial charge in [-0.3, -0.25) is 15.4 Å². The molecule has 3 rings (SSSR count). The second-order valence-electron chi connectivity index (χ2n) is 7.72. The van der Waals surface area contributed by atoms with Gasteiger partial charge in [0.1, 0.15) is 18.6 Å². The van der Waals surface area contributed by atoms with E-state index in [2.05, 4.69) is 37.0 Å². The van der Waals surface area contributed by atoms with Gasteiger partial charge in [0.15, 0.2) is 0 Å². The van der Waals surface area contributed by atoms with Crippen molar-refractivity contribution in [2.75, 3.05) is 56.3 Å². The van der Waals surface area contributed by atoms with E-state index < -0.39 is 11.0 Å². The molecular formula is C23H25N9O4. The number of ether oxygens (including phenoxy) is 1. The zero-order valence-electron chi connectivity index (χ0n) is 19.8. The third-order valence-electron chi connectivity index (χ3n) is 4.76. The van der Waals surface area contributed by atoms with Crippen molar-refractivity contribution in [3.63, 3.8) is 0 Å². The Hall–Kier alpha value is -4.83. The molecule has 186 valence electrons. The molecule has 2 heterocycles. The molecule has 36 heavy (non-hydrogen) atoms. The van der Waals surface area contributed by atoms with E-state index >= 15 is 0 Å². The highest BCUT2D eigenvalue weighted by atomic mass is 16.6. The number of amides is 1. The van der Waals surface area contributed by atoms with Crippen LogP contribution in [0.4, 0.5) is 27.9 Å². The Labute approximate surface area is 207 Å². The largest absolute Gasteiger partial charge is 0.448 e. The fourth-order valence-electron chi connectivity index (χ4n) is 2.91. The number of hydrogen-bond acceptors (Lipinski definition) is 11. The van der Waals surface area contributed by atoms with E-state index in [4.69, 9.17) is 10.00 Å². The Morgan fingerprint density at radius 1 is 1.11 bits per heavy atom. The van der Waals surface area contributed by atoms with Crippen LogP contribution >= 0.6 is 0 Å². The van der Waals surface area contributed by atoms with E-state index in [1.807, 2.05) is 19.0 Å². The van der Waals surface area contributed by atoms with Crippen LogP contribution in [0.2, 0.25) is 0 Å². The summed E-state index contributed by atoms with van der Waals surface area (Å²) in [7, 11) is 3.75. The van der Waals surface area contributed by atoms with E-state index in [9.17, 15) is 14.9 Å². The second kappa shape index (κ2) is 12.6. The van der Waals surface area contributed by atoms with E-state index in [0.29, 0.717) is 53.9 Å². The highest BCUT2D eigenvalue weighted by molar-refractivity contribution is 5.90. The molecule has 3 N–H and O–H groups in total. The van der Waals surface area contributed by atoms with Crippen molar-refractivity contribution in [1.82, 2.24) is 19.9 Å².